The van der Waals surface area contributed by atoms with Gasteiger partial charge in [0.1, 0.15) is 5.02 Å². The van der Waals surface area contributed by atoms with Gasteiger partial charge in [0.15, 0.2) is 5.75 Å². The Hall–Kier alpha value is -2.08. The highest BCUT2D eigenvalue weighted by Crippen LogP contribution is 2.35. The van der Waals surface area contributed by atoms with Gasteiger partial charge >= 0.3 is 11.9 Å². The number of anilines is 1. The van der Waals surface area contributed by atoms with Gasteiger partial charge in [-0.2, -0.15) is 0 Å². The molecule has 1 aromatic rings. The topological polar surface area (TPSA) is 92.7 Å². The number of ether oxygens (including phenoxy) is 1. The third kappa shape index (κ3) is 3.21. The van der Waals surface area contributed by atoms with Crippen molar-refractivity contribution >= 4 is 35.1 Å². The number of benzene rings is 1. The number of nitrogens with one attached hydrogen (secondary N) is 1. The van der Waals surface area contributed by atoms with E-state index >= 15 is 0 Å². The van der Waals surface area contributed by atoms with Crippen LogP contribution in [0.15, 0.2) is 12.1 Å². The van der Waals surface area contributed by atoms with Gasteiger partial charge in [-0.05, 0) is 12.1 Å². The number of carboxylic acids is 1. The van der Waals surface area contributed by atoms with Crippen LogP contribution in [-0.4, -0.2) is 23.0 Å². The summed E-state index contributed by atoms with van der Waals surface area (Å²) in [6, 6.07) is 2.44. The number of carboxylic acid groups (broad SMARTS) is 1. The quantitative estimate of drug-likeness (QED) is 0.647. The number of hydrogen-bond acceptors (Lipinski definition) is 4. The Bertz CT molecular complexity index is 526. The first kappa shape index (κ1) is 14.0. The predicted molar refractivity (Wildman–Crippen MR) is 64.0 cm³/mol. The van der Waals surface area contributed by atoms with E-state index in [0.29, 0.717) is 0 Å². The first-order valence-electron chi connectivity index (χ1n) is 4.84. The lowest BCUT2D eigenvalue weighted by Crippen LogP contribution is -2.12. The molecule has 0 aliphatic rings. The molecule has 1 aromatic carbocycles. The fourth-order valence-corrected chi connectivity index (χ4v) is 1.52. The maximum absolute atomic E-state index is 11.0. The van der Waals surface area contributed by atoms with Gasteiger partial charge in [-0.1, -0.05) is 11.6 Å². The molecule has 0 bridgehead atoms. The number of rotatable bonds is 3. The first-order chi connectivity index (χ1) is 8.32. The monoisotopic (exact) mass is 271 g/mol. The van der Waals surface area contributed by atoms with Crippen molar-refractivity contribution in [1.82, 2.24) is 0 Å². The van der Waals surface area contributed by atoms with Crippen LogP contribution in [0.25, 0.3) is 0 Å². The molecule has 0 unspecified atom stereocenters. The Balaban J connectivity index is 3.34. The maximum atomic E-state index is 11.0. The fraction of sp³-hybridized carbons (Fsp3) is 0.182. The van der Waals surface area contributed by atoms with Crippen molar-refractivity contribution in [3.8, 4) is 5.75 Å². The van der Waals surface area contributed by atoms with Crippen LogP contribution in [0.4, 0.5) is 5.69 Å². The molecule has 0 saturated heterocycles. The van der Waals surface area contributed by atoms with Gasteiger partial charge in [0, 0.05) is 13.8 Å². The summed E-state index contributed by atoms with van der Waals surface area (Å²) in [5.41, 5.74) is -0.290. The van der Waals surface area contributed by atoms with E-state index in [-0.39, 0.29) is 22.0 Å². The normalized spacial score (nSPS) is 9.72. The number of hydrogen-bond donors (Lipinski definition) is 2. The maximum Gasteiger partial charge on any atom is 0.337 e. The zero-order valence-corrected chi connectivity index (χ0v) is 10.4. The zero-order valence-electron chi connectivity index (χ0n) is 9.61. The number of aromatic carboxylic acids is 1. The Morgan fingerprint density at radius 3 is 2.33 bits per heavy atom. The number of carbonyl (C=O) groups is 3. The van der Waals surface area contributed by atoms with Gasteiger partial charge in [-0.3, -0.25) is 9.59 Å². The fourth-order valence-electron chi connectivity index (χ4n) is 1.27. The molecule has 1 amide bonds. The summed E-state index contributed by atoms with van der Waals surface area (Å²) in [7, 11) is 0. The lowest BCUT2D eigenvalue weighted by molar-refractivity contribution is -0.131. The number of carbonyl (C=O) groups excluding carboxylic acids is 2. The second kappa shape index (κ2) is 5.50. The van der Waals surface area contributed by atoms with E-state index in [1.807, 2.05) is 0 Å². The van der Waals surface area contributed by atoms with Crippen molar-refractivity contribution in [2.24, 2.45) is 0 Å². The molecule has 1 rings (SSSR count). The summed E-state index contributed by atoms with van der Waals surface area (Å²) >= 11 is 5.89. The van der Waals surface area contributed by atoms with E-state index in [2.05, 4.69) is 5.32 Å². The highest BCUT2D eigenvalue weighted by atomic mass is 35.5. The van der Waals surface area contributed by atoms with Crippen LogP contribution in [0, 0.1) is 0 Å². The largest absolute Gasteiger partial charge is 0.478 e. The highest BCUT2D eigenvalue weighted by Gasteiger charge is 2.19. The van der Waals surface area contributed by atoms with Gasteiger partial charge in [0.05, 0.1) is 11.3 Å². The second-order valence-corrected chi connectivity index (χ2v) is 3.76. The van der Waals surface area contributed by atoms with E-state index in [1.54, 1.807) is 0 Å². The van der Waals surface area contributed by atoms with E-state index in [1.165, 1.54) is 26.0 Å². The lowest BCUT2D eigenvalue weighted by Gasteiger charge is -2.12. The van der Waals surface area contributed by atoms with Crippen molar-refractivity contribution in [3.63, 3.8) is 0 Å². The van der Waals surface area contributed by atoms with Crippen LogP contribution in [0.5, 0.6) is 5.75 Å². The molecule has 0 radical (unpaired) electrons. The molecule has 0 saturated carbocycles. The van der Waals surface area contributed by atoms with Crippen LogP contribution < -0.4 is 10.1 Å². The smallest absolute Gasteiger partial charge is 0.337 e. The molecule has 0 aliphatic heterocycles. The van der Waals surface area contributed by atoms with Gasteiger partial charge in [-0.25, -0.2) is 4.79 Å². The summed E-state index contributed by atoms with van der Waals surface area (Å²) in [6.07, 6.45) is 0. The van der Waals surface area contributed by atoms with Crippen LogP contribution in [0.1, 0.15) is 24.2 Å². The van der Waals surface area contributed by atoms with Crippen molar-refractivity contribution in [1.29, 1.82) is 0 Å². The standard InChI is InChI=1S/C11H10ClNO5/c1-5(14)13-10-7(11(16)17)3-4-8(9(10)12)18-6(2)15/h3-4H,1-2H3,(H,13,14)(H,16,17). The molecule has 0 atom stereocenters. The Labute approximate surface area is 108 Å². The van der Waals surface area contributed by atoms with Gasteiger partial charge in [-0.15, -0.1) is 0 Å². The third-order valence-corrected chi connectivity index (χ3v) is 2.27. The molecule has 0 heterocycles. The van der Waals surface area contributed by atoms with Gasteiger partial charge in [0.2, 0.25) is 5.91 Å². The molecule has 0 spiro atoms. The van der Waals surface area contributed by atoms with Crippen molar-refractivity contribution in [3.05, 3.63) is 22.7 Å². The van der Waals surface area contributed by atoms with Crippen molar-refractivity contribution in [2.45, 2.75) is 13.8 Å². The number of halogens is 1. The number of amides is 1. The average molecular weight is 272 g/mol. The minimum absolute atomic E-state index is 0.0158. The lowest BCUT2D eigenvalue weighted by atomic mass is 10.1. The molecule has 7 heteroatoms. The Morgan fingerprint density at radius 1 is 1.28 bits per heavy atom. The minimum atomic E-state index is -1.25. The molecular formula is C11H10ClNO5. The second-order valence-electron chi connectivity index (χ2n) is 3.38. The molecular weight excluding hydrogens is 262 g/mol. The van der Waals surface area contributed by atoms with E-state index < -0.39 is 17.8 Å². The Morgan fingerprint density at radius 2 is 1.89 bits per heavy atom. The van der Waals surface area contributed by atoms with E-state index in [9.17, 15) is 14.4 Å². The molecule has 2 N–H and O–H groups in total. The average Bonchev–Trinajstić information content (AvgIpc) is 2.22. The highest BCUT2D eigenvalue weighted by molar-refractivity contribution is 6.36. The first-order valence-corrected chi connectivity index (χ1v) is 5.22. The summed E-state index contributed by atoms with van der Waals surface area (Å²) in [6.45, 7) is 2.39. The summed E-state index contributed by atoms with van der Waals surface area (Å²) in [5, 5.41) is 11.1. The van der Waals surface area contributed by atoms with Crippen LogP contribution in [0.2, 0.25) is 5.02 Å². The number of esters is 1. The summed E-state index contributed by atoms with van der Waals surface area (Å²) in [4.78, 5) is 32.8. The predicted octanol–water partition coefficient (Wildman–Crippen LogP) is 1.92. The van der Waals surface area contributed by atoms with Crippen molar-refractivity contribution in [2.75, 3.05) is 5.32 Å². The molecule has 0 aromatic heterocycles. The van der Waals surface area contributed by atoms with Crippen LogP contribution >= 0.6 is 11.6 Å². The molecule has 96 valence electrons. The SMILES string of the molecule is CC(=O)Nc1c(C(=O)O)ccc(OC(C)=O)c1Cl. The van der Waals surface area contributed by atoms with Crippen molar-refractivity contribution < 1.29 is 24.2 Å². The third-order valence-electron chi connectivity index (χ3n) is 1.89. The summed E-state index contributed by atoms with van der Waals surface area (Å²) < 4.78 is 4.79. The minimum Gasteiger partial charge on any atom is -0.478 e. The van der Waals surface area contributed by atoms with Crippen LogP contribution in [-0.2, 0) is 9.59 Å². The molecule has 0 fully saturated rings. The molecule has 0 aliphatic carbocycles. The van der Waals surface area contributed by atoms with E-state index in [0.717, 1.165) is 0 Å². The Kier molecular flexibility index (Phi) is 4.28. The zero-order chi connectivity index (χ0) is 13.9. The molecule has 6 nitrogen and oxygen atoms in total. The van der Waals surface area contributed by atoms with E-state index in [4.69, 9.17) is 21.4 Å². The summed E-state index contributed by atoms with van der Waals surface area (Å²) in [5.74, 6) is -2.36. The van der Waals surface area contributed by atoms with Crippen LogP contribution in [0.3, 0.4) is 0 Å². The molecule has 18 heavy (non-hydrogen) atoms. The van der Waals surface area contributed by atoms with Gasteiger partial charge < -0.3 is 15.2 Å². The van der Waals surface area contributed by atoms with Gasteiger partial charge in [0.25, 0.3) is 0 Å².